The minimum atomic E-state index is 0.142. The predicted molar refractivity (Wildman–Crippen MR) is 107 cm³/mol. The van der Waals surface area contributed by atoms with Crippen molar-refractivity contribution in [3.05, 3.63) is 95.6 Å². The number of hydrogen-bond donors (Lipinski definition) is 1. The number of imidazole rings is 1. The third-order valence-electron chi connectivity index (χ3n) is 5.52. The van der Waals surface area contributed by atoms with Crippen molar-refractivity contribution in [3.63, 3.8) is 0 Å². The van der Waals surface area contributed by atoms with Crippen LogP contribution in [0.5, 0.6) is 0 Å². The first-order valence-corrected chi connectivity index (χ1v) is 9.55. The molecule has 0 fully saturated rings. The summed E-state index contributed by atoms with van der Waals surface area (Å²) in [6.45, 7) is 4.04. The maximum absolute atomic E-state index is 4.65. The number of nitrogens with one attached hydrogen (secondary N) is 1. The Morgan fingerprint density at radius 2 is 2.04 bits per heavy atom. The van der Waals surface area contributed by atoms with Gasteiger partial charge < -0.3 is 4.98 Å². The number of aryl methyl sites for hydroxylation is 1. The molecular formula is C22H22N6. The zero-order valence-corrected chi connectivity index (χ0v) is 15.8. The Kier molecular flexibility index (Phi) is 4.25. The molecule has 6 heteroatoms. The fraction of sp³-hybridized carbons (Fsp3) is 0.227. The molecule has 0 unspecified atom stereocenters. The fourth-order valence-electron chi connectivity index (χ4n) is 4.05. The third-order valence-corrected chi connectivity index (χ3v) is 5.52. The van der Waals surface area contributed by atoms with E-state index in [1.165, 1.54) is 22.4 Å². The lowest BCUT2D eigenvalue weighted by Crippen LogP contribution is -2.36. The summed E-state index contributed by atoms with van der Waals surface area (Å²) in [6.07, 6.45) is 10.3. The molecule has 0 aliphatic carbocycles. The van der Waals surface area contributed by atoms with Gasteiger partial charge in [-0.1, -0.05) is 6.07 Å². The number of H-pyrrole nitrogens is 1. The quantitative estimate of drug-likeness (QED) is 0.598. The Balaban J connectivity index is 1.47. The fourth-order valence-corrected chi connectivity index (χ4v) is 4.05. The van der Waals surface area contributed by atoms with Crippen molar-refractivity contribution in [2.75, 3.05) is 6.54 Å². The minimum absolute atomic E-state index is 0.142. The molecule has 5 rings (SSSR count). The first-order valence-electron chi connectivity index (χ1n) is 9.55. The smallest absolute Gasteiger partial charge is 0.0926 e. The summed E-state index contributed by atoms with van der Waals surface area (Å²) in [7, 11) is 0. The highest BCUT2D eigenvalue weighted by Gasteiger charge is 2.31. The molecule has 0 saturated carbocycles. The second kappa shape index (κ2) is 7.05. The molecule has 1 aromatic carbocycles. The van der Waals surface area contributed by atoms with Crippen molar-refractivity contribution >= 4 is 0 Å². The van der Waals surface area contributed by atoms with Crippen molar-refractivity contribution in [1.82, 2.24) is 29.6 Å². The van der Waals surface area contributed by atoms with E-state index < -0.39 is 0 Å². The Morgan fingerprint density at radius 3 is 2.82 bits per heavy atom. The van der Waals surface area contributed by atoms with E-state index in [1.54, 1.807) is 6.20 Å². The number of hydrogen-bond acceptors (Lipinski definition) is 4. The van der Waals surface area contributed by atoms with Crippen LogP contribution in [0.3, 0.4) is 0 Å². The molecule has 0 bridgehead atoms. The van der Waals surface area contributed by atoms with Crippen LogP contribution in [-0.2, 0) is 13.0 Å². The molecule has 4 heterocycles. The molecule has 1 N–H and O–H groups in total. The van der Waals surface area contributed by atoms with Crippen LogP contribution in [0.1, 0.15) is 34.1 Å². The third kappa shape index (κ3) is 3.01. The number of benzene rings is 1. The molecule has 1 aliphatic rings. The van der Waals surface area contributed by atoms with Gasteiger partial charge in [-0.05, 0) is 53.9 Å². The molecular weight excluding hydrogens is 348 g/mol. The van der Waals surface area contributed by atoms with Crippen molar-refractivity contribution in [2.45, 2.75) is 25.9 Å². The van der Waals surface area contributed by atoms with Crippen molar-refractivity contribution in [2.24, 2.45) is 0 Å². The van der Waals surface area contributed by atoms with E-state index in [4.69, 9.17) is 0 Å². The van der Waals surface area contributed by atoms with Crippen molar-refractivity contribution < 1.29 is 0 Å². The molecule has 0 spiro atoms. The summed E-state index contributed by atoms with van der Waals surface area (Å²) >= 11 is 0. The maximum Gasteiger partial charge on any atom is 0.0926 e. The number of fused-ring (bicyclic) bond motifs is 1. The van der Waals surface area contributed by atoms with Gasteiger partial charge in [-0.15, -0.1) is 0 Å². The lowest BCUT2D eigenvalue weighted by molar-refractivity contribution is 0.200. The molecule has 140 valence electrons. The van der Waals surface area contributed by atoms with Crippen molar-refractivity contribution in [1.29, 1.82) is 0 Å². The van der Waals surface area contributed by atoms with E-state index in [1.807, 2.05) is 35.7 Å². The normalized spacial score (nSPS) is 16.8. The van der Waals surface area contributed by atoms with E-state index in [0.29, 0.717) is 0 Å². The summed E-state index contributed by atoms with van der Waals surface area (Å²) in [5, 5.41) is 4.33. The van der Waals surface area contributed by atoms with Gasteiger partial charge >= 0.3 is 0 Å². The average Bonchev–Trinajstić information content (AvgIpc) is 3.42. The van der Waals surface area contributed by atoms with Crippen LogP contribution in [-0.4, -0.2) is 36.2 Å². The van der Waals surface area contributed by atoms with Crippen LogP contribution in [0.15, 0.2) is 67.5 Å². The zero-order chi connectivity index (χ0) is 18.9. The monoisotopic (exact) mass is 370 g/mol. The minimum Gasteiger partial charge on any atom is -0.348 e. The van der Waals surface area contributed by atoms with Crippen LogP contribution in [0.2, 0.25) is 0 Å². The van der Waals surface area contributed by atoms with Crippen LogP contribution in [0.25, 0.3) is 5.69 Å². The first kappa shape index (κ1) is 16.9. The topological polar surface area (TPSA) is 62.6 Å². The van der Waals surface area contributed by atoms with E-state index in [-0.39, 0.29) is 6.04 Å². The largest absolute Gasteiger partial charge is 0.348 e. The van der Waals surface area contributed by atoms with E-state index in [9.17, 15) is 0 Å². The molecule has 4 aromatic rings. The highest BCUT2D eigenvalue weighted by atomic mass is 15.3. The van der Waals surface area contributed by atoms with Gasteiger partial charge in [0.2, 0.25) is 0 Å². The summed E-state index contributed by atoms with van der Waals surface area (Å²) in [6, 6.07) is 12.8. The standard InChI is InChI=1S/C22H22N6/c1-16-13-19(28-11-2-8-26-28)4-3-18(16)14-27-12-7-20-21(25-15-24-20)22(27)17-5-9-23-10-6-17/h2-6,8-11,13,15,22H,7,12,14H2,1H3,(H,24,25)/t22-/m1/s1. The summed E-state index contributed by atoms with van der Waals surface area (Å²) in [5.41, 5.74) is 7.29. The van der Waals surface area contributed by atoms with Crippen LogP contribution >= 0.6 is 0 Å². The Morgan fingerprint density at radius 1 is 1.14 bits per heavy atom. The van der Waals surface area contributed by atoms with Crippen LogP contribution in [0.4, 0.5) is 0 Å². The Hall–Kier alpha value is -3.25. The maximum atomic E-state index is 4.65. The van der Waals surface area contributed by atoms with Crippen molar-refractivity contribution in [3.8, 4) is 5.69 Å². The van der Waals surface area contributed by atoms with E-state index >= 15 is 0 Å². The van der Waals surface area contributed by atoms with Gasteiger partial charge in [0.15, 0.2) is 0 Å². The number of aromatic nitrogens is 5. The highest BCUT2D eigenvalue weighted by Crippen LogP contribution is 2.34. The molecule has 0 amide bonds. The number of pyridine rings is 1. The van der Waals surface area contributed by atoms with Gasteiger partial charge in [0.05, 0.1) is 23.8 Å². The molecule has 0 saturated heterocycles. The molecule has 1 aliphatic heterocycles. The van der Waals surface area contributed by atoms with Gasteiger partial charge in [0.25, 0.3) is 0 Å². The van der Waals surface area contributed by atoms with Crippen LogP contribution < -0.4 is 0 Å². The first-order chi connectivity index (χ1) is 13.8. The number of aromatic amines is 1. The van der Waals surface area contributed by atoms with E-state index in [2.05, 4.69) is 62.2 Å². The summed E-state index contributed by atoms with van der Waals surface area (Å²) < 4.78 is 1.90. The zero-order valence-electron chi connectivity index (χ0n) is 15.8. The summed E-state index contributed by atoms with van der Waals surface area (Å²) in [5.74, 6) is 0. The average molecular weight is 370 g/mol. The van der Waals surface area contributed by atoms with Gasteiger partial charge in [0, 0.05) is 50.0 Å². The SMILES string of the molecule is Cc1cc(-n2cccn2)ccc1CN1CCc2[nH]cnc2[C@H]1c1ccncc1. The van der Waals surface area contributed by atoms with Crippen LogP contribution in [0, 0.1) is 6.92 Å². The second-order valence-corrected chi connectivity index (χ2v) is 7.23. The van der Waals surface area contributed by atoms with E-state index in [0.717, 1.165) is 30.9 Å². The second-order valence-electron chi connectivity index (χ2n) is 7.23. The van der Waals surface area contributed by atoms with Gasteiger partial charge in [-0.25, -0.2) is 9.67 Å². The molecule has 3 aromatic heterocycles. The number of rotatable bonds is 4. The van der Waals surface area contributed by atoms with Gasteiger partial charge in [0.1, 0.15) is 0 Å². The predicted octanol–water partition coefficient (Wildman–Crippen LogP) is 3.45. The summed E-state index contributed by atoms with van der Waals surface area (Å²) in [4.78, 5) is 14.7. The lowest BCUT2D eigenvalue weighted by Gasteiger charge is -2.35. The molecule has 28 heavy (non-hydrogen) atoms. The number of nitrogens with zero attached hydrogens (tertiary/aromatic N) is 5. The highest BCUT2D eigenvalue weighted by molar-refractivity contribution is 5.40. The molecule has 6 nitrogen and oxygen atoms in total. The molecule has 0 radical (unpaired) electrons. The van der Waals surface area contributed by atoms with Gasteiger partial charge in [-0.2, -0.15) is 5.10 Å². The van der Waals surface area contributed by atoms with Gasteiger partial charge in [-0.3, -0.25) is 9.88 Å². The Bertz CT molecular complexity index is 1070. The Labute approximate surface area is 163 Å². The lowest BCUT2D eigenvalue weighted by atomic mass is 9.95. The molecule has 1 atom stereocenters.